The Kier molecular flexibility index (Phi) is 7.64. The van der Waals surface area contributed by atoms with Gasteiger partial charge >= 0.3 is 0 Å². The molecular formula is C60H38N2. The molecule has 0 radical (unpaired) electrons. The molecule has 0 saturated heterocycles. The van der Waals surface area contributed by atoms with E-state index in [0.29, 0.717) is 0 Å². The fourth-order valence-electron chi connectivity index (χ4n) is 10.3. The van der Waals surface area contributed by atoms with Gasteiger partial charge in [-0.3, -0.25) is 0 Å². The van der Waals surface area contributed by atoms with Crippen LogP contribution in [0.4, 0.5) is 0 Å². The molecule has 62 heavy (non-hydrogen) atoms. The minimum atomic E-state index is 1.17. The first-order chi connectivity index (χ1) is 30.8. The average molecular weight is 787 g/mol. The van der Waals surface area contributed by atoms with Gasteiger partial charge in [0.05, 0.1) is 22.1 Å². The van der Waals surface area contributed by atoms with Crippen molar-refractivity contribution in [3.8, 4) is 44.8 Å². The lowest BCUT2D eigenvalue weighted by Crippen LogP contribution is -1.93. The quantitative estimate of drug-likeness (QED) is 0.154. The largest absolute Gasteiger partial charge is 0.309 e. The zero-order valence-electron chi connectivity index (χ0n) is 33.8. The van der Waals surface area contributed by atoms with Crippen molar-refractivity contribution in [2.75, 3.05) is 0 Å². The number of aromatic nitrogens is 2. The number of fused-ring (bicyclic) bond motifs is 9. The zero-order valence-corrected chi connectivity index (χ0v) is 33.8. The summed E-state index contributed by atoms with van der Waals surface area (Å²) in [5, 5.41) is 12.5. The second kappa shape index (κ2) is 13.7. The van der Waals surface area contributed by atoms with Crippen LogP contribution >= 0.6 is 0 Å². The molecule has 2 nitrogen and oxygen atoms in total. The van der Waals surface area contributed by atoms with Crippen LogP contribution in [0.15, 0.2) is 231 Å². The van der Waals surface area contributed by atoms with Crippen LogP contribution in [0.5, 0.6) is 0 Å². The molecule has 13 aromatic rings. The van der Waals surface area contributed by atoms with Gasteiger partial charge in [0.2, 0.25) is 0 Å². The number of para-hydroxylation sites is 4. The molecule has 0 amide bonds. The molecule has 2 heteroatoms. The van der Waals surface area contributed by atoms with E-state index in [-0.39, 0.29) is 0 Å². The number of rotatable bonds is 5. The highest BCUT2D eigenvalue weighted by atomic mass is 15.0. The van der Waals surface area contributed by atoms with Crippen LogP contribution in [0.1, 0.15) is 0 Å². The molecule has 11 aromatic carbocycles. The third-order valence-electron chi connectivity index (χ3n) is 13.1. The lowest BCUT2D eigenvalue weighted by molar-refractivity contribution is 1.18. The summed E-state index contributed by atoms with van der Waals surface area (Å²) in [5.41, 5.74) is 14.5. The third kappa shape index (κ3) is 5.23. The maximum atomic E-state index is 2.47. The predicted octanol–water partition coefficient (Wildman–Crippen LogP) is 16.3. The molecule has 2 heterocycles. The van der Waals surface area contributed by atoms with E-state index in [2.05, 4.69) is 240 Å². The van der Waals surface area contributed by atoms with Gasteiger partial charge in [-0.15, -0.1) is 0 Å². The molecule has 0 aliphatic carbocycles. The monoisotopic (exact) mass is 786 g/mol. The molecule has 0 unspecified atom stereocenters. The van der Waals surface area contributed by atoms with Crippen LogP contribution in [-0.2, 0) is 0 Å². The van der Waals surface area contributed by atoms with Crippen LogP contribution in [0.2, 0.25) is 0 Å². The van der Waals surface area contributed by atoms with E-state index in [9.17, 15) is 0 Å². The molecule has 0 atom stereocenters. The van der Waals surface area contributed by atoms with E-state index < -0.39 is 0 Å². The first-order valence-corrected chi connectivity index (χ1v) is 21.4. The van der Waals surface area contributed by atoms with Gasteiger partial charge < -0.3 is 9.13 Å². The van der Waals surface area contributed by atoms with Crippen molar-refractivity contribution >= 4 is 75.9 Å². The fourth-order valence-corrected chi connectivity index (χ4v) is 10.3. The predicted molar refractivity (Wildman–Crippen MR) is 264 cm³/mol. The summed E-state index contributed by atoms with van der Waals surface area (Å²) in [6, 6.07) is 84.9. The van der Waals surface area contributed by atoms with Crippen molar-refractivity contribution in [3.05, 3.63) is 231 Å². The van der Waals surface area contributed by atoms with Gasteiger partial charge in [-0.05, 0) is 138 Å². The number of hydrogen-bond acceptors (Lipinski definition) is 0. The Labute approximate surface area is 358 Å². The molecule has 0 spiro atoms. The van der Waals surface area contributed by atoms with Crippen molar-refractivity contribution < 1.29 is 0 Å². The highest BCUT2D eigenvalue weighted by molar-refractivity contribution is 6.21. The molecule has 0 N–H and O–H groups in total. The van der Waals surface area contributed by atoms with Gasteiger partial charge in [0.25, 0.3) is 0 Å². The maximum absolute atomic E-state index is 2.47. The molecule has 288 valence electrons. The van der Waals surface area contributed by atoms with Crippen LogP contribution in [0, 0.1) is 0 Å². The SMILES string of the molecule is c1ccc(-n2c3ccccc3c3cc(-c4cccc5c(-c6ccc7ccccc7c6)c6cccc(-c7ccc8c(c7)c7ccccc7n8-c7ccccc7)c6cc45)ccc32)cc1. The minimum absolute atomic E-state index is 1.17. The Hall–Kier alpha value is -8.20. The second-order valence-corrected chi connectivity index (χ2v) is 16.5. The van der Waals surface area contributed by atoms with E-state index in [1.54, 1.807) is 0 Å². The van der Waals surface area contributed by atoms with Gasteiger partial charge in [0, 0.05) is 32.9 Å². The number of benzene rings is 11. The molecule has 2 aromatic heterocycles. The average Bonchev–Trinajstić information content (AvgIpc) is 3.85. The van der Waals surface area contributed by atoms with E-state index in [1.807, 2.05) is 0 Å². The van der Waals surface area contributed by atoms with Crippen molar-refractivity contribution in [3.63, 3.8) is 0 Å². The van der Waals surface area contributed by atoms with Gasteiger partial charge in [-0.2, -0.15) is 0 Å². The second-order valence-electron chi connectivity index (χ2n) is 16.5. The van der Waals surface area contributed by atoms with E-state index in [4.69, 9.17) is 0 Å². The first kappa shape index (κ1) is 34.6. The van der Waals surface area contributed by atoms with E-state index in [0.717, 1.165) is 0 Å². The Morgan fingerprint density at radius 2 is 0.661 bits per heavy atom. The molecular weight excluding hydrogens is 749 g/mol. The summed E-state index contributed by atoms with van der Waals surface area (Å²) in [7, 11) is 0. The van der Waals surface area contributed by atoms with Crippen LogP contribution in [-0.4, -0.2) is 9.13 Å². The number of hydrogen-bond donors (Lipinski definition) is 0. The van der Waals surface area contributed by atoms with Gasteiger partial charge in [-0.1, -0.05) is 158 Å². The highest BCUT2D eigenvalue weighted by Gasteiger charge is 2.20. The summed E-state index contributed by atoms with van der Waals surface area (Å²) >= 11 is 0. The summed E-state index contributed by atoms with van der Waals surface area (Å²) < 4.78 is 4.78. The molecule has 0 fully saturated rings. The molecule has 0 bridgehead atoms. The van der Waals surface area contributed by atoms with Crippen molar-refractivity contribution in [1.29, 1.82) is 0 Å². The Morgan fingerprint density at radius 1 is 0.226 bits per heavy atom. The first-order valence-electron chi connectivity index (χ1n) is 21.4. The van der Waals surface area contributed by atoms with Gasteiger partial charge in [-0.25, -0.2) is 0 Å². The zero-order chi connectivity index (χ0) is 40.7. The summed E-state index contributed by atoms with van der Waals surface area (Å²) in [6.45, 7) is 0. The van der Waals surface area contributed by atoms with Crippen LogP contribution in [0.25, 0.3) is 121 Å². The topological polar surface area (TPSA) is 9.86 Å². The lowest BCUT2D eigenvalue weighted by Gasteiger charge is -2.18. The molecule has 0 saturated carbocycles. The maximum Gasteiger partial charge on any atom is 0.0541 e. The Balaban J connectivity index is 1.09. The molecule has 0 aliphatic rings. The van der Waals surface area contributed by atoms with Crippen LogP contribution in [0.3, 0.4) is 0 Å². The lowest BCUT2D eigenvalue weighted by atomic mass is 9.85. The smallest absolute Gasteiger partial charge is 0.0541 e. The number of nitrogens with zero attached hydrogens (tertiary/aromatic N) is 2. The summed E-state index contributed by atoms with van der Waals surface area (Å²) in [4.78, 5) is 0. The van der Waals surface area contributed by atoms with E-state index in [1.165, 1.54) is 121 Å². The Bertz CT molecular complexity index is 3690. The van der Waals surface area contributed by atoms with Crippen molar-refractivity contribution in [2.45, 2.75) is 0 Å². The highest BCUT2D eigenvalue weighted by Crippen LogP contribution is 2.45. The summed E-state index contributed by atoms with van der Waals surface area (Å²) in [5.74, 6) is 0. The van der Waals surface area contributed by atoms with Crippen molar-refractivity contribution in [2.24, 2.45) is 0 Å². The fraction of sp³-hybridized carbons (Fsp3) is 0. The molecule has 0 aliphatic heterocycles. The van der Waals surface area contributed by atoms with Gasteiger partial charge in [0.1, 0.15) is 0 Å². The minimum Gasteiger partial charge on any atom is -0.309 e. The standard InChI is InChI=1S/C60H38N2/c1-3-17-44(18-4-1)61-56-27-11-9-21-48(56)54-36-41(31-33-58(54)61)46-23-13-25-50-52(46)38-53-47(24-14-26-51(53)60(50)43-30-29-39-15-7-8-16-40(39)35-43)42-32-34-59-55(37-42)49-22-10-12-28-57(49)62(59)45-19-5-2-6-20-45/h1-38H. The normalized spacial score (nSPS) is 11.9. The van der Waals surface area contributed by atoms with Crippen LogP contribution < -0.4 is 0 Å². The van der Waals surface area contributed by atoms with Crippen molar-refractivity contribution in [1.82, 2.24) is 9.13 Å². The van der Waals surface area contributed by atoms with Gasteiger partial charge in [0.15, 0.2) is 0 Å². The summed E-state index contributed by atoms with van der Waals surface area (Å²) in [6.07, 6.45) is 0. The van der Waals surface area contributed by atoms with E-state index >= 15 is 0 Å². The Morgan fingerprint density at radius 3 is 1.21 bits per heavy atom. The third-order valence-corrected chi connectivity index (χ3v) is 13.1. The molecule has 13 rings (SSSR count).